The Morgan fingerprint density at radius 1 is 1.17 bits per heavy atom. The highest BCUT2D eigenvalue weighted by molar-refractivity contribution is 7.99. The number of carbonyl (C=O) groups excluding carboxylic acids is 1. The lowest BCUT2D eigenvalue weighted by molar-refractivity contribution is -0.145. The molecule has 30 heavy (non-hydrogen) atoms. The molecule has 1 atom stereocenters. The summed E-state index contributed by atoms with van der Waals surface area (Å²) in [7, 11) is 0. The number of fused-ring (bicyclic) bond motifs is 1. The van der Waals surface area contributed by atoms with Gasteiger partial charge in [0.25, 0.3) is 0 Å². The molecule has 0 radical (unpaired) electrons. The minimum Gasteiger partial charge on any atom is -0.458 e. The summed E-state index contributed by atoms with van der Waals surface area (Å²) in [6, 6.07) is 18.0. The van der Waals surface area contributed by atoms with E-state index in [1.54, 1.807) is 18.0 Å². The van der Waals surface area contributed by atoms with Crippen molar-refractivity contribution in [2.75, 3.05) is 0 Å². The second-order valence-electron chi connectivity index (χ2n) is 7.05. The minimum atomic E-state index is -0.292. The first-order valence-corrected chi connectivity index (χ1v) is 10.8. The van der Waals surface area contributed by atoms with Crippen LogP contribution >= 0.6 is 23.4 Å². The number of aromatic nitrogens is 2. The van der Waals surface area contributed by atoms with Crippen LogP contribution in [0.1, 0.15) is 31.2 Å². The molecule has 0 fully saturated rings. The van der Waals surface area contributed by atoms with Crippen molar-refractivity contribution < 1.29 is 9.53 Å². The van der Waals surface area contributed by atoms with Gasteiger partial charge in [0.15, 0.2) is 0 Å². The molecule has 152 valence electrons. The van der Waals surface area contributed by atoms with E-state index >= 15 is 0 Å². The van der Waals surface area contributed by atoms with E-state index in [1.807, 2.05) is 49.5 Å². The first-order chi connectivity index (χ1) is 14.4. The molecule has 0 saturated carbocycles. The van der Waals surface area contributed by atoms with Gasteiger partial charge in [0.05, 0.1) is 17.4 Å². The van der Waals surface area contributed by atoms with Crippen LogP contribution in [-0.4, -0.2) is 15.5 Å². The van der Waals surface area contributed by atoms with E-state index in [1.165, 1.54) is 6.92 Å². The summed E-state index contributed by atoms with van der Waals surface area (Å²) in [6.45, 7) is 5.41. The SMILES string of the molecule is CC(=O)OC(C)c1cccc(Sc2c(C)n(-c3cccnc3)c3cc(Cl)ccc23)c1. The average Bonchev–Trinajstić information content (AvgIpc) is 2.99. The predicted octanol–water partition coefficient (Wildman–Crippen LogP) is 6.76. The molecule has 2 heterocycles. The van der Waals surface area contributed by atoms with Crippen LogP contribution in [0.4, 0.5) is 0 Å². The zero-order valence-corrected chi connectivity index (χ0v) is 18.5. The van der Waals surface area contributed by atoms with Crippen molar-refractivity contribution in [2.45, 2.75) is 36.7 Å². The van der Waals surface area contributed by atoms with Crippen molar-refractivity contribution in [3.05, 3.63) is 83.3 Å². The van der Waals surface area contributed by atoms with Crippen LogP contribution in [0.3, 0.4) is 0 Å². The zero-order chi connectivity index (χ0) is 21.3. The highest BCUT2D eigenvalue weighted by Crippen LogP contribution is 2.41. The molecule has 0 spiro atoms. The number of hydrogen-bond donors (Lipinski definition) is 0. The maximum Gasteiger partial charge on any atom is 0.303 e. The van der Waals surface area contributed by atoms with E-state index in [0.717, 1.165) is 37.6 Å². The van der Waals surface area contributed by atoms with E-state index in [0.29, 0.717) is 5.02 Å². The van der Waals surface area contributed by atoms with E-state index < -0.39 is 0 Å². The molecule has 0 aliphatic rings. The van der Waals surface area contributed by atoms with Gasteiger partial charge in [-0.05, 0) is 55.8 Å². The van der Waals surface area contributed by atoms with Crippen molar-refractivity contribution >= 4 is 40.2 Å². The Morgan fingerprint density at radius 3 is 2.73 bits per heavy atom. The molecule has 0 aliphatic heterocycles. The summed E-state index contributed by atoms with van der Waals surface area (Å²) >= 11 is 8.01. The molecule has 4 aromatic rings. The molecule has 0 amide bonds. The summed E-state index contributed by atoms with van der Waals surface area (Å²) in [5, 5.41) is 1.82. The van der Waals surface area contributed by atoms with Gasteiger partial charge in [0.1, 0.15) is 6.10 Å². The quantitative estimate of drug-likeness (QED) is 0.324. The summed E-state index contributed by atoms with van der Waals surface area (Å²) in [4.78, 5) is 17.8. The van der Waals surface area contributed by atoms with Gasteiger partial charge < -0.3 is 9.30 Å². The predicted molar refractivity (Wildman–Crippen MR) is 122 cm³/mol. The second-order valence-corrected chi connectivity index (χ2v) is 8.57. The van der Waals surface area contributed by atoms with Gasteiger partial charge in [-0.3, -0.25) is 9.78 Å². The fourth-order valence-electron chi connectivity index (χ4n) is 3.57. The number of ether oxygens (including phenoxy) is 1. The van der Waals surface area contributed by atoms with Gasteiger partial charge in [0.2, 0.25) is 0 Å². The van der Waals surface area contributed by atoms with Gasteiger partial charge in [-0.15, -0.1) is 0 Å². The molecular formula is C24H21ClN2O2S. The Hall–Kier alpha value is -2.76. The van der Waals surface area contributed by atoms with Gasteiger partial charge in [0, 0.05) is 39.0 Å². The Kier molecular flexibility index (Phi) is 5.84. The highest BCUT2D eigenvalue weighted by atomic mass is 35.5. The molecule has 0 N–H and O–H groups in total. The number of pyridine rings is 1. The molecule has 6 heteroatoms. The average molecular weight is 437 g/mol. The molecule has 1 unspecified atom stereocenters. The molecule has 0 aliphatic carbocycles. The summed E-state index contributed by atoms with van der Waals surface area (Å²) in [5.74, 6) is -0.284. The lowest BCUT2D eigenvalue weighted by Crippen LogP contribution is -2.04. The molecule has 4 rings (SSSR count). The smallest absolute Gasteiger partial charge is 0.303 e. The molecule has 4 nitrogen and oxygen atoms in total. The minimum absolute atomic E-state index is 0.284. The number of benzene rings is 2. The van der Waals surface area contributed by atoms with Crippen LogP contribution in [0.15, 0.2) is 76.8 Å². The standard InChI is InChI=1S/C24H21ClN2O2S/c1-15-24(30-21-8-4-6-18(12-21)16(2)29-17(3)28)22-10-9-19(25)13-23(22)27(15)20-7-5-11-26-14-20/h4-14,16H,1-3H3. The number of halogens is 1. The van der Waals surface area contributed by atoms with Crippen molar-refractivity contribution in [1.29, 1.82) is 0 Å². The molecule has 0 saturated heterocycles. The van der Waals surface area contributed by atoms with E-state index in [2.05, 4.69) is 34.7 Å². The first-order valence-electron chi connectivity index (χ1n) is 9.60. The largest absolute Gasteiger partial charge is 0.458 e. The van der Waals surface area contributed by atoms with Crippen LogP contribution in [0, 0.1) is 6.92 Å². The Morgan fingerprint density at radius 2 is 2.00 bits per heavy atom. The van der Waals surface area contributed by atoms with Gasteiger partial charge in [-0.1, -0.05) is 41.6 Å². The maximum atomic E-state index is 11.3. The topological polar surface area (TPSA) is 44.1 Å². The lowest BCUT2D eigenvalue weighted by Gasteiger charge is -2.13. The number of rotatable bonds is 5. The fourth-order valence-corrected chi connectivity index (χ4v) is 4.84. The lowest BCUT2D eigenvalue weighted by atomic mass is 10.1. The van der Waals surface area contributed by atoms with Crippen LogP contribution in [0.2, 0.25) is 5.02 Å². The Bertz CT molecular complexity index is 1220. The van der Waals surface area contributed by atoms with Crippen LogP contribution in [0.25, 0.3) is 16.6 Å². The van der Waals surface area contributed by atoms with E-state index in [4.69, 9.17) is 16.3 Å². The molecule has 2 aromatic carbocycles. The number of nitrogens with zero attached hydrogens (tertiary/aromatic N) is 2. The number of hydrogen-bond acceptors (Lipinski definition) is 4. The van der Waals surface area contributed by atoms with E-state index in [9.17, 15) is 4.79 Å². The first kappa shape index (κ1) is 20.5. The van der Waals surface area contributed by atoms with Gasteiger partial charge in [-0.2, -0.15) is 0 Å². The third kappa shape index (κ3) is 4.09. The summed E-state index contributed by atoms with van der Waals surface area (Å²) in [5.41, 5.74) is 4.11. The highest BCUT2D eigenvalue weighted by Gasteiger charge is 2.18. The third-order valence-electron chi connectivity index (χ3n) is 4.90. The second kappa shape index (κ2) is 8.54. The van der Waals surface area contributed by atoms with Gasteiger partial charge in [-0.25, -0.2) is 0 Å². The van der Waals surface area contributed by atoms with Crippen LogP contribution < -0.4 is 0 Å². The Labute approximate surface area is 184 Å². The monoisotopic (exact) mass is 436 g/mol. The zero-order valence-electron chi connectivity index (χ0n) is 16.9. The van der Waals surface area contributed by atoms with Crippen molar-refractivity contribution in [3.8, 4) is 5.69 Å². The van der Waals surface area contributed by atoms with E-state index in [-0.39, 0.29) is 12.1 Å². The number of esters is 1. The Balaban J connectivity index is 1.79. The summed E-state index contributed by atoms with van der Waals surface area (Å²) in [6.07, 6.45) is 3.33. The van der Waals surface area contributed by atoms with Crippen LogP contribution in [0.5, 0.6) is 0 Å². The van der Waals surface area contributed by atoms with Crippen molar-refractivity contribution in [3.63, 3.8) is 0 Å². The third-order valence-corrected chi connectivity index (χ3v) is 6.35. The summed E-state index contributed by atoms with van der Waals surface area (Å²) < 4.78 is 7.52. The maximum absolute atomic E-state index is 11.3. The van der Waals surface area contributed by atoms with Crippen molar-refractivity contribution in [2.24, 2.45) is 0 Å². The normalized spacial score (nSPS) is 12.1. The van der Waals surface area contributed by atoms with Gasteiger partial charge >= 0.3 is 5.97 Å². The number of carbonyl (C=O) groups is 1. The molecule has 2 aromatic heterocycles. The molecular weight excluding hydrogens is 416 g/mol. The molecule has 0 bridgehead atoms. The van der Waals surface area contributed by atoms with Crippen LogP contribution in [-0.2, 0) is 9.53 Å². The fraction of sp³-hybridized carbons (Fsp3) is 0.167. The van der Waals surface area contributed by atoms with Crippen molar-refractivity contribution in [1.82, 2.24) is 9.55 Å².